The van der Waals surface area contributed by atoms with Gasteiger partial charge in [0.1, 0.15) is 0 Å². The molecule has 0 saturated carbocycles. The van der Waals surface area contributed by atoms with Gasteiger partial charge in [-0.05, 0) is 13.3 Å². The van der Waals surface area contributed by atoms with E-state index >= 15 is 0 Å². The van der Waals surface area contributed by atoms with Gasteiger partial charge < -0.3 is 8.85 Å². The normalized spacial score (nSPS) is 15.7. The van der Waals surface area contributed by atoms with Crippen LogP contribution >= 0.6 is 15.3 Å². The Morgan fingerprint density at radius 3 is 2.23 bits per heavy atom. The van der Waals surface area contributed by atoms with E-state index in [0.29, 0.717) is 0 Å². The van der Waals surface area contributed by atoms with E-state index in [2.05, 4.69) is 29.1 Å². The molecule has 0 spiro atoms. The van der Waals surface area contributed by atoms with Gasteiger partial charge in [-0.3, -0.25) is 0 Å². The third-order valence-corrected chi connectivity index (χ3v) is 6.58. The molecule has 13 heavy (non-hydrogen) atoms. The van der Waals surface area contributed by atoms with Crippen molar-refractivity contribution in [1.82, 2.24) is 0 Å². The third-order valence-electron chi connectivity index (χ3n) is 1.71. The molecule has 0 amide bonds. The molecule has 2 nitrogen and oxygen atoms in total. The van der Waals surface area contributed by atoms with Crippen molar-refractivity contribution in [3.8, 4) is 0 Å². The molecule has 1 unspecified atom stereocenters. The smallest absolute Gasteiger partial charge is 0.387 e. The van der Waals surface area contributed by atoms with Gasteiger partial charge in [-0.2, -0.15) is 0 Å². The van der Waals surface area contributed by atoms with Crippen LogP contribution in [0.25, 0.3) is 0 Å². The predicted octanol–water partition coefficient (Wildman–Crippen LogP) is 3.58. The number of hydrogen-bond donors (Lipinski definition) is 0. The fraction of sp³-hybridized carbons (Fsp3) is 1.00. The molecular formula is C9H21BrO2Si. The highest BCUT2D eigenvalue weighted by Gasteiger charge is 2.33. The van der Waals surface area contributed by atoms with E-state index in [4.69, 9.17) is 8.85 Å². The van der Waals surface area contributed by atoms with Crippen LogP contribution in [0.15, 0.2) is 0 Å². The van der Waals surface area contributed by atoms with E-state index < -0.39 is 7.18 Å². The van der Waals surface area contributed by atoms with Crippen LogP contribution in [-0.2, 0) is 8.85 Å². The largest absolute Gasteiger partial charge is 0.414 e. The summed E-state index contributed by atoms with van der Waals surface area (Å²) in [5.41, 5.74) is 0. The van der Waals surface area contributed by atoms with Crippen molar-refractivity contribution in [2.75, 3.05) is 13.2 Å². The number of halogens is 1. The molecule has 0 aliphatic rings. The maximum atomic E-state index is 5.75. The van der Waals surface area contributed by atoms with Gasteiger partial charge in [-0.15, -0.1) is 0 Å². The van der Waals surface area contributed by atoms with Crippen LogP contribution in [0.1, 0.15) is 40.0 Å². The molecule has 0 aliphatic carbocycles. The van der Waals surface area contributed by atoms with Crippen molar-refractivity contribution >= 4 is 22.5 Å². The van der Waals surface area contributed by atoms with Crippen molar-refractivity contribution in [2.45, 2.75) is 46.1 Å². The second kappa shape index (κ2) is 7.97. The zero-order valence-electron chi connectivity index (χ0n) is 8.94. The van der Waals surface area contributed by atoms with Gasteiger partial charge in [0, 0.05) is 19.3 Å². The quantitative estimate of drug-likeness (QED) is 0.495. The molecule has 80 valence electrons. The maximum Gasteiger partial charge on any atom is 0.414 e. The van der Waals surface area contributed by atoms with Gasteiger partial charge in [0.25, 0.3) is 0 Å². The molecule has 0 aromatic rings. The number of hydrogen-bond acceptors (Lipinski definition) is 2. The molecule has 0 aliphatic heterocycles. The molecule has 1 atom stereocenters. The van der Waals surface area contributed by atoms with Crippen LogP contribution in [0, 0.1) is 0 Å². The second-order valence-electron chi connectivity index (χ2n) is 3.04. The molecule has 0 bridgehead atoms. The van der Waals surface area contributed by atoms with E-state index in [9.17, 15) is 0 Å². The van der Waals surface area contributed by atoms with Crippen molar-refractivity contribution in [1.29, 1.82) is 0 Å². The maximum absolute atomic E-state index is 5.75. The Hall–Kier alpha value is 0.617. The minimum atomic E-state index is -1.98. The molecule has 4 heteroatoms. The summed E-state index contributed by atoms with van der Waals surface area (Å²) < 4.78 is 11.4. The summed E-state index contributed by atoms with van der Waals surface area (Å²) >= 11 is 3.64. The zero-order chi connectivity index (χ0) is 10.2. The monoisotopic (exact) mass is 268 g/mol. The lowest BCUT2D eigenvalue weighted by Crippen LogP contribution is -2.35. The fourth-order valence-electron chi connectivity index (χ4n) is 1.04. The zero-order valence-corrected chi connectivity index (χ0v) is 11.5. The Bertz CT molecular complexity index is 114. The highest BCUT2D eigenvalue weighted by atomic mass is 79.9. The average Bonchev–Trinajstić information content (AvgIpc) is 2.12. The van der Waals surface area contributed by atoms with E-state index in [1.165, 1.54) is 12.8 Å². The van der Waals surface area contributed by atoms with Crippen LogP contribution in [0.4, 0.5) is 0 Å². The third kappa shape index (κ3) is 6.66. The van der Waals surface area contributed by atoms with Crippen molar-refractivity contribution < 1.29 is 8.85 Å². The first-order chi connectivity index (χ1) is 6.18. The summed E-state index contributed by atoms with van der Waals surface area (Å²) in [5, 5.41) is 0. The van der Waals surface area contributed by atoms with Gasteiger partial charge in [0.05, 0.1) is 0 Å². The molecule has 0 rings (SSSR count). The standard InChI is InChI=1S/C9H21BrO2Si/c1-4-7-9-13(10,11-6-3)12-8-5-2/h4-9H2,1-3H3. The summed E-state index contributed by atoms with van der Waals surface area (Å²) in [4.78, 5) is 0. The minimum absolute atomic E-state index is 0.741. The van der Waals surface area contributed by atoms with E-state index in [1.54, 1.807) is 0 Å². The van der Waals surface area contributed by atoms with E-state index in [-0.39, 0.29) is 0 Å². The Labute approximate surface area is 90.8 Å². The van der Waals surface area contributed by atoms with Crippen LogP contribution in [0.2, 0.25) is 6.04 Å². The summed E-state index contributed by atoms with van der Waals surface area (Å²) in [7, 11) is -1.98. The van der Waals surface area contributed by atoms with Crippen LogP contribution < -0.4 is 0 Å². The highest BCUT2D eigenvalue weighted by Crippen LogP contribution is 2.23. The lowest BCUT2D eigenvalue weighted by molar-refractivity contribution is 0.197. The number of unbranched alkanes of at least 4 members (excludes halogenated alkanes) is 1. The molecule has 0 aromatic carbocycles. The lowest BCUT2D eigenvalue weighted by atomic mass is 10.4. The van der Waals surface area contributed by atoms with Gasteiger partial charge in [-0.25, -0.2) is 0 Å². The minimum Gasteiger partial charge on any atom is -0.387 e. The first kappa shape index (κ1) is 13.6. The van der Waals surface area contributed by atoms with Crippen molar-refractivity contribution in [3.05, 3.63) is 0 Å². The average molecular weight is 269 g/mol. The van der Waals surface area contributed by atoms with Crippen molar-refractivity contribution in [2.24, 2.45) is 0 Å². The first-order valence-electron chi connectivity index (χ1n) is 5.15. The molecular weight excluding hydrogens is 248 g/mol. The molecule has 0 heterocycles. The lowest BCUT2D eigenvalue weighted by Gasteiger charge is -2.23. The molecule has 0 radical (unpaired) electrons. The SMILES string of the molecule is CCCC[Si](Br)(OCC)OCCC. The Balaban J connectivity index is 3.84. The predicted molar refractivity (Wildman–Crippen MR) is 62.3 cm³/mol. The van der Waals surface area contributed by atoms with Gasteiger partial charge >= 0.3 is 7.18 Å². The van der Waals surface area contributed by atoms with E-state index in [1.807, 2.05) is 6.92 Å². The topological polar surface area (TPSA) is 18.5 Å². The summed E-state index contributed by atoms with van der Waals surface area (Å²) in [6.45, 7) is 7.87. The van der Waals surface area contributed by atoms with Crippen LogP contribution in [0.3, 0.4) is 0 Å². The van der Waals surface area contributed by atoms with Gasteiger partial charge in [0.2, 0.25) is 0 Å². The molecule has 0 N–H and O–H groups in total. The second-order valence-corrected chi connectivity index (χ2v) is 9.07. The molecule has 0 aromatic heterocycles. The Morgan fingerprint density at radius 1 is 1.08 bits per heavy atom. The van der Waals surface area contributed by atoms with Crippen molar-refractivity contribution in [3.63, 3.8) is 0 Å². The Morgan fingerprint density at radius 2 is 1.77 bits per heavy atom. The van der Waals surface area contributed by atoms with Crippen LogP contribution in [-0.4, -0.2) is 20.4 Å². The summed E-state index contributed by atoms with van der Waals surface area (Å²) in [6.07, 6.45) is 3.43. The van der Waals surface area contributed by atoms with Gasteiger partial charge in [-0.1, -0.05) is 42.0 Å². The number of rotatable bonds is 8. The fourth-order valence-corrected chi connectivity index (χ4v) is 5.15. The van der Waals surface area contributed by atoms with E-state index in [0.717, 1.165) is 25.7 Å². The highest BCUT2D eigenvalue weighted by molar-refractivity contribution is 9.25. The first-order valence-corrected chi connectivity index (χ1v) is 9.43. The summed E-state index contributed by atoms with van der Waals surface area (Å²) in [5.74, 6) is 0. The van der Waals surface area contributed by atoms with Crippen LogP contribution in [0.5, 0.6) is 0 Å². The van der Waals surface area contributed by atoms with Gasteiger partial charge in [0.15, 0.2) is 0 Å². The summed E-state index contributed by atoms with van der Waals surface area (Å²) in [6, 6.07) is 1.05. The Kier molecular flexibility index (Phi) is 8.35. The molecule has 0 fully saturated rings. The molecule has 0 saturated heterocycles.